The summed E-state index contributed by atoms with van der Waals surface area (Å²) in [5, 5.41) is 4.96. The standard InChI is InChI=1S/C24H22ClFN6/c1-16-14-23(30-24(28-16)29-19-5-3-18(26)4-6-19)32-12-10-31(11-13-32)22-8-9-27-21-15-17(25)2-7-20(21)22/h2-9,14-15H,10-13H2,1H3,(H,28,29,30). The van der Waals surface area contributed by atoms with Crippen LogP contribution in [-0.4, -0.2) is 41.1 Å². The first-order chi connectivity index (χ1) is 15.5. The van der Waals surface area contributed by atoms with Gasteiger partial charge in [-0.15, -0.1) is 0 Å². The minimum Gasteiger partial charge on any atom is -0.367 e. The second-order valence-corrected chi connectivity index (χ2v) is 8.23. The molecule has 8 heteroatoms. The van der Waals surface area contributed by atoms with Crippen LogP contribution in [-0.2, 0) is 0 Å². The second kappa shape index (κ2) is 8.59. The van der Waals surface area contributed by atoms with Crippen molar-refractivity contribution in [2.75, 3.05) is 41.3 Å². The van der Waals surface area contributed by atoms with Gasteiger partial charge in [-0.1, -0.05) is 11.6 Å². The van der Waals surface area contributed by atoms with Gasteiger partial charge in [-0.25, -0.2) is 9.37 Å². The van der Waals surface area contributed by atoms with Crippen LogP contribution in [0.4, 0.5) is 27.5 Å². The van der Waals surface area contributed by atoms with E-state index < -0.39 is 0 Å². The molecular weight excluding hydrogens is 427 g/mol. The SMILES string of the molecule is Cc1cc(N2CCN(c3ccnc4cc(Cl)ccc34)CC2)nc(Nc2ccc(F)cc2)n1. The van der Waals surface area contributed by atoms with Gasteiger partial charge in [-0.3, -0.25) is 4.98 Å². The van der Waals surface area contributed by atoms with E-state index in [1.165, 1.54) is 17.8 Å². The molecule has 1 aliphatic heterocycles. The number of anilines is 4. The van der Waals surface area contributed by atoms with E-state index >= 15 is 0 Å². The Morgan fingerprint density at radius 2 is 1.66 bits per heavy atom. The van der Waals surface area contributed by atoms with Gasteiger partial charge in [-0.2, -0.15) is 4.98 Å². The van der Waals surface area contributed by atoms with Gasteiger partial charge in [0.05, 0.1) is 5.52 Å². The molecule has 1 aliphatic rings. The molecule has 1 fully saturated rings. The third-order valence-corrected chi connectivity index (χ3v) is 5.80. The highest BCUT2D eigenvalue weighted by Crippen LogP contribution is 2.29. The number of aryl methyl sites for hydroxylation is 1. The van der Waals surface area contributed by atoms with Gasteiger partial charge in [-0.05, 0) is 55.5 Å². The fourth-order valence-corrected chi connectivity index (χ4v) is 4.16. The number of benzene rings is 2. The number of rotatable bonds is 4. The molecule has 1 saturated heterocycles. The maximum absolute atomic E-state index is 13.2. The zero-order valence-corrected chi connectivity index (χ0v) is 18.3. The molecule has 6 nitrogen and oxygen atoms in total. The van der Waals surface area contributed by atoms with Crippen molar-refractivity contribution in [1.29, 1.82) is 0 Å². The fourth-order valence-electron chi connectivity index (χ4n) is 3.99. The lowest BCUT2D eigenvalue weighted by Gasteiger charge is -2.37. The molecule has 0 saturated carbocycles. The lowest BCUT2D eigenvalue weighted by molar-refractivity contribution is 0.628. The summed E-state index contributed by atoms with van der Waals surface area (Å²) in [7, 11) is 0. The molecule has 0 radical (unpaired) electrons. The van der Waals surface area contributed by atoms with Crippen molar-refractivity contribution in [1.82, 2.24) is 15.0 Å². The number of piperazine rings is 1. The van der Waals surface area contributed by atoms with Crippen molar-refractivity contribution in [2.24, 2.45) is 0 Å². The molecule has 1 N–H and O–H groups in total. The Kier molecular flexibility index (Phi) is 5.49. The van der Waals surface area contributed by atoms with Gasteiger partial charge in [0.15, 0.2) is 0 Å². The van der Waals surface area contributed by atoms with E-state index in [1.54, 1.807) is 12.1 Å². The number of halogens is 2. The van der Waals surface area contributed by atoms with Crippen LogP contribution in [0.5, 0.6) is 0 Å². The molecule has 2 aromatic carbocycles. The van der Waals surface area contributed by atoms with Gasteiger partial charge in [0.2, 0.25) is 5.95 Å². The molecule has 5 rings (SSSR count). The normalized spacial score (nSPS) is 14.1. The fraction of sp³-hybridized carbons (Fsp3) is 0.208. The van der Waals surface area contributed by atoms with Crippen LogP contribution in [0.15, 0.2) is 60.8 Å². The van der Waals surface area contributed by atoms with E-state index in [2.05, 4.69) is 31.2 Å². The summed E-state index contributed by atoms with van der Waals surface area (Å²) in [5.41, 5.74) is 3.70. The minimum absolute atomic E-state index is 0.274. The summed E-state index contributed by atoms with van der Waals surface area (Å²) in [5.74, 6) is 1.11. The van der Waals surface area contributed by atoms with Crippen LogP contribution >= 0.6 is 11.6 Å². The highest BCUT2D eigenvalue weighted by atomic mass is 35.5. The van der Waals surface area contributed by atoms with Crippen LogP contribution in [0.1, 0.15) is 5.69 Å². The molecule has 32 heavy (non-hydrogen) atoms. The number of aromatic nitrogens is 3. The first kappa shape index (κ1) is 20.5. The smallest absolute Gasteiger partial charge is 0.229 e. The zero-order valence-electron chi connectivity index (χ0n) is 17.6. The number of fused-ring (bicyclic) bond motifs is 1. The third-order valence-electron chi connectivity index (χ3n) is 5.57. The number of hydrogen-bond acceptors (Lipinski definition) is 6. The maximum atomic E-state index is 13.2. The average molecular weight is 449 g/mol. The first-order valence-corrected chi connectivity index (χ1v) is 10.9. The van der Waals surface area contributed by atoms with Crippen LogP contribution in [0.3, 0.4) is 0 Å². The second-order valence-electron chi connectivity index (χ2n) is 7.79. The first-order valence-electron chi connectivity index (χ1n) is 10.5. The molecule has 2 aromatic heterocycles. The highest BCUT2D eigenvalue weighted by Gasteiger charge is 2.21. The summed E-state index contributed by atoms with van der Waals surface area (Å²) in [6.45, 7) is 5.36. The summed E-state index contributed by atoms with van der Waals surface area (Å²) in [6, 6.07) is 16.1. The Labute approximate surface area is 190 Å². The summed E-state index contributed by atoms with van der Waals surface area (Å²) in [6.07, 6.45) is 1.83. The highest BCUT2D eigenvalue weighted by molar-refractivity contribution is 6.31. The van der Waals surface area contributed by atoms with Crippen molar-refractivity contribution in [3.05, 3.63) is 77.3 Å². The molecule has 0 aliphatic carbocycles. The van der Waals surface area contributed by atoms with Gasteiger partial charge in [0.25, 0.3) is 0 Å². The van der Waals surface area contributed by atoms with Crippen LogP contribution in [0, 0.1) is 12.7 Å². The topological polar surface area (TPSA) is 57.2 Å². The molecule has 0 amide bonds. The van der Waals surface area contributed by atoms with E-state index in [9.17, 15) is 4.39 Å². The van der Waals surface area contributed by atoms with E-state index in [0.29, 0.717) is 11.0 Å². The Balaban J connectivity index is 1.32. The summed E-state index contributed by atoms with van der Waals surface area (Å²) in [4.78, 5) is 18.3. The minimum atomic E-state index is -0.274. The lowest BCUT2D eigenvalue weighted by atomic mass is 10.1. The Bertz CT molecular complexity index is 1260. The molecule has 162 valence electrons. The molecular formula is C24H22ClFN6. The largest absolute Gasteiger partial charge is 0.367 e. The Hall–Kier alpha value is -3.45. The molecule has 3 heterocycles. The van der Waals surface area contributed by atoms with Gasteiger partial charge < -0.3 is 15.1 Å². The predicted octanol–water partition coefficient (Wildman–Crippen LogP) is 5.20. The summed E-state index contributed by atoms with van der Waals surface area (Å²) < 4.78 is 13.2. The number of hydrogen-bond donors (Lipinski definition) is 1. The number of pyridine rings is 1. The Morgan fingerprint density at radius 3 is 2.44 bits per heavy atom. The molecule has 0 unspecified atom stereocenters. The van der Waals surface area contributed by atoms with Crippen molar-refractivity contribution >= 4 is 45.6 Å². The number of nitrogens with zero attached hydrogens (tertiary/aromatic N) is 5. The van der Waals surface area contributed by atoms with Crippen molar-refractivity contribution in [2.45, 2.75) is 6.92 Å². The molecule has 0 bridgehead atoms. The molecule has 4 aromatic rings. The van der Waals surface area contributed by atoms with Crippen molar-refractivity contribution in [3.8, 4) is 0 Å². The van der Waals surface area contributed by atoms with Crippen LogP contribution < -0.4 is 15.1 Å². The predicted molar refractivity (Wildman–Crippen MR) is 128 cm³/mol. The third kappa shape index (κ3) is 4.29. The average Bonchev–Trinajstić information content (AvgIpc) is 2.80. The van der Waals surface area contributed by atoms with Gasteiger partial charge in [0.1, 0.15) is 11.6 Å². The van der Waals surface area contributed by atoms with Crippen molar-refractivity contribution in [3.63, 3.8) is 0 Å². The van der Waals surface area contributed by atoms with Gasteiger partial charge >= 0.3 is 0 Å². The quantitative estimate of drug-likeness (QED) is 0.463. The monoisotopic (exact) mass is 448 g/mol. The zero-order chi connectivity index (χ0) is 22.1. The maximum Gasteiger partial charge on any atom is 0.229 e. The van der Waals surface area contributed by atoms with E-state index in [0.717, 1.165) is 54.3 Å². The van der Waals surface area contributed by atoms with Crippen LogP contribution in [0.25, 0.3) is 10.9 Å². The molecule has 0 atom stereocenters. The van der Waals surface area contributed by atoms with Gasteiger partial charge in [0, 0.05) is 65.9 Å². The molecule has 0 spiro atoms. The van der Waals surface area contributed by atoms with E-state index in [1.807, 2.05) is 37.4 Å². The Morgan fingerprint density at radius 1 is 0.906 bits per heavy atom. The van der Waals surface area contributed by atoms with E-state index in [4.69, 9.17) is 16.6 Å². The van der Waals surface area contributed by atoms with E-state index in [-0.39, 0.29) is 5.82 Å². The number of nitrogens with one attached hydrogen (secondary N) is 1. The summed E-state index contributed by atoms with van der Waals surface area (Å²) >= 11 is 6.13. The van der Waals surface area contributed by atoms with Crippen LogP contribution in [0.2, 0.25) is 5.02 Å². The van der Waals surface area contributed by atoms with Crippen molar-refractivity contribution < 1.29 is 4.39 Å². The lowest BCUT2D eigenvalue weighted by Crippen LogP contribution is -2.47.